The number of hydrogen-bond acceptors (Lipinski definition) is 7. The number of aliphatic hydroxyl groups is 1. The molecule has 35 heavy (non-hydrogen) atoms. The van der Waals surface area contributed by atoms with Crippen molar-refractivity contribution in [1.29, 1.82) is 0 Å². The molecule has 1 amide bonds. The van der Waals surface area contributed by atoms with Crippen molar-refractivity contribution in [2.75, 3.05) is 19.8 Å². The van der Waals surface area contributed by atoms with Crippen molar-refractivity contribution in [1.82, 2.24) is 0 Å². The second-order valence-electron chi connectivity index (χ2n) is 7.28. The zero-order valence-corrected chi connectivity index (χ0v) is 22.3. The van der Waals surface area contributed by atoms with Gasteiger partial charge in [-0.1, -0.05) is 30.0 Å². The highest BCUT2D eigenvalue weighted by Crippen LogP contribution is 2.42. The Morgan fingerprint density at radius 1 is 1.06 bits per heavy atom. The van der Waals surface area contributed by atoms with Crippen LogP contribution in [-0.4, -0.2) is 41.8 Å². The molecule has 0 spiro atoms. The Balaban J connectivity index is 2.09. The summed E-state index contributed by atoms with van der Waals surface area (Å²) in [6.45, 7) is 8.23. The number of aliphatic hydroxyl groups excluding tert-OH is 1. The molecule has 1 aliphatic rings. The lowest BCUT2D eigenvalue weighted by atomic mass is 10.1. The summed E-state index contributed by atoms with van der Waals surface area (Å²) in [4.78, 5) is 30.1. The molecule has 1 N–H and O–H groups in total. The number of amides is 1. The van der Waals surface area contributed by atoms with Gasteiger partial charge in [0.1, 0.15) is 27.9 Å². The standard InChI is InChI=1S/C26H26BrNO6S/c1-5-32-19-14-20(33-6-2)18(27)12-16(19)13-21-23(29)22(26(31)34-7-3)25(35-21)28-24(30)17-11-9-8-10-15(17)4/h8-14,29H,5-7H2,1-4H3/b21-13-,28-25?. The van der Waals surface area contributed by atoms with Crippen LogP contribution >= 0.6 is 27.7 Å². The van der Waals surface area contributed by atoms with Gasteiger partial charge in [-0.15, -0.1) is 0 Å². The Labute approximate surface area is 217 Å². The number of benzene rings is 2. The third kappa shape index (κ3) is 6.15. The Hall–Kier alpha value is -3.04. The summed E-state index contributed by atoms with van der Waals surface area (Å²) >= 11 is 4.51. The van der Waals surface area contributed by atoms with E-state index in [9.17, 15) is 14.7 Å². The maximum absolute atomic E-state index is 12.9. The molecule has 0 unspecified atom stereocenters. The maximum Gasteiger partial charge on any atom is 0.344 e. The first-order valence-corrected chi connectivity index (χ1v) is 12.7. The molecule has 0 fully saturated rings. The predicted molar refractivity (Wildman–Crippen MR) is 141 cm³/mol. The molecule has 7 nitrogen and oxygen atoms in total. The minimum atomic E-state index is -0.755. The van der Waals surface area contributed by atoms with E-state index in [0.717, 1.165) is 17.3 Å². The molecule has 1 heterocycles. The number of halogens is 1. The van der Waals surface area contributed by atoms with Crippen molar-refractivity contribution in [3.8, 4) is 11.5 Å². The summed E-state index contributed by atoms with van der Waals surface area (Å²) in [5.74, 6) is -0.415. The molecule has 0 bridgehead atoms. The number of rotatable bonds is 8. The van der Waals surface area contributed by atoms with E-state index < -0.39 is 11.9 Å². The van der Waals surface area contributed by atoms with E-state index in [1.807, 2.05) is 19.9 Å². The zero-order chi connectivity index (χ0) is 25.5. The van der Waals surface area contributed by atoms with Crippen molar-refractivity contribution in [3.63, 3.8) is 0 Å². The van der Waals surface area contributed by atoms with Crippen LogP contribution in [0.4, 0.5) is 0 Å². The molecule has 3 rings (SSSR count). The first kappa shape index (κ1) is 26.6. The van der Waals surface area contributed by atoms with Gasteiger partial charge in [0.2, 0.25) is 0 Å². The topological polar surface area (TPSA) is 94.4 Å². The van der Waals surface area contributed by atoms with Crippen LogP contribution in [0, 0.1) is 6.92 Å². The second-order valence-corrected chi connectivity index (χ2v) is 9.16. The fourth-order valence-electron chi connectivity index (χ4n) is 3.31. The average Bonchev–Trinajstić information content (AvgIpc) is 3.11. The van der Waals surface area contributed by atoms with Crippen LogP contribution in [0.25, 0.3) is 6.08 Å². The zero-order valence-electron chi connectivity index (χ0n) is 19.9. The number of ether oxygens (including phenoxy) is 3. The molecule has 0 saturated heterocycles. The Morgan fingerprint density at radius 3 is 2.40 bits per heavy atom. The Bertz CT molecular complexity index is 1230. The lowest BCUT2D eigenvalue weighted by Gasteiger charge is -2.13. The predicted octanol–water partition coefficient (Wildman–Crippen LogP) is 6.26. The van der Waals surface area contributed by atoms with Gasteiger partial charge in [0.05, 0.1) is 29.2 Å². The first-order valence-electron chi connectivity index (χ1n) is 11.1. The molecular weight excluding hydrogens is 534 g/mol. The van der Waals surface area contributed by atoms with Gasteiger partial charge < -0.3 is 19.3 Å². The quantitative estimate of drug-likeness (QED) is 0.381. The maximum atomic E-state index is 12.9. The Kier molecular flexibility index (Phi) is 9.17. The summed E-state index contributed by atoms with van der Waals surface area (Å²) in [6.07, 6.45) is 1.67. The van der Waals surface area contributed by atoms with Crippen molar-refractivity contribution in [3.05, 3.63) is 73.8 Å². The number of nitrogens with zero attached hydrogens (tertiary/aromatic N) is 1. The van der Waals surface area contributed by atoms with Crippen molar-refractivity contribution in [2.24, 2.45) is 4.99 Å². The monoisotopic (exact) mass is 559 g/mol. The smallest absolute Gasteiger partial charge is 0.344 e. The summed E-state index contributed by atoms with van der Waals surface area (Å²) in [7, 11) is 0. The third-order valence-corrected chi connectivity index (χ3v) is 6.54. The van der Waals surface area contributed by atoms with Crippen LogP contribution in [0.3, 0.4) is 0 Å². The van der Waals surface area contributed by atoms with Crippen LogP contribution in [0.5, 0.6) is 11.5 Å². The van der Waals surface area contributed by atoms with E-state index >= 15 is 0 Å². The number of hydrogen-bond donors (Lipinski definition) is 1. The van der Waals surface area contributed by atoms with E-state index in [-0.39, 0.29) is 23.0 Å². The van der Waals surface area contributed by atoms with Crippen LogP contribution in [0.15, 0.2) is 62.1 Å². The highest BCUT2D eigenvalue weighted by Gasteiger charge is 2.34. The number of esters is 1. The van der Waals surface area contributed by atoms with E-state index in [4.69, 9.17) is 14.2 Å². The van der Waals surface area contributed by atoms with Gasteiger partial charge >= 0.3 is 5.97 Å². The molecule has 2 aromatic carbocycles. The van der Waals surface area contributed by atoms with Crippen LogP contribution in [0.2, 0.25) is 0 Å². The second kappa shape index (κ2) is 12.1. The van der Waals surface area contributed by atoms with Crippen molar-refractivity contribution < 1.29 is 28.9 Å². The average molecular weight is 560 g/mol. The number of aliphatic imine (C=N–C) groups is 1. The van der Waals surface area contributed by atoms with Crippen LogP contribution in [-0.2, 0) is 9.53 Å². The van der Waals surface area contributed by atoms with E-state index in [1.165, 1.54) is 0 Å². The molecular formula is C26H26BrNO6S. The van der Waals surface area contributed by atoms with Gasteiger partial charge in [-0.2, -0.15) is 0 Å². The van der Waals surface area contributed by atoms with Gasteiger partial charge in [-0.25, -0.2) is 9.79 Å². The SMILES string of the molecule is CCOC(=O)C1=C(O)/C(=C/c2cc(Br)c(OCC)cc2OCC)SC1=NC(=O)c1ccccc1C. The normalized spacial score (nSPS) is 15.6. The fourth-order valence-corrected chi connectivity index (χ4v) is 4.79. The molecule has 9 heteroatoms. The molecule has 0 aromatic heterocycles. The van der Waals surface area contributed by atoms with Gasteiger partial charge in [0.25, 0.3) is 5.91 Å². The number of carbonyl (C=O) groups is 2. The highest BCUT2D eigenvalue weighted by molar-refractivity contribution is 9.10. The molecule has 1 aliphatic heterocycles. The molecule has 0 radical (unpaired) electrons. The van der Waals surface area contributed by atoms with Gasteiger partial charge in [-0.3, -0.25) is 4.79 Å². The molecule has 0 atom stereocenters. The lowest BCUT2D eigenvalue weighted by Crippen LogP contribution is -2.14. The third-order valence-electron chi connectivity index (χ3n) is 4.90. The minimum absolute atomic E-state index is 0.0726. The van der Waals surface area contributed by atoms with E-state index in [1.54, 1.807) is 50.3 Å². The molecule has 0 aliphatic carbocycles. The largest absolute Gasteiger partial charge is 0.506 e. The van der Waals surface area contributed by atoms with Crippen molar-refractivity contribution >= 4 is 50.7 Å². The minimum Gasteiger partial charge on any atom is -0.506 e. The van der Waals surface area contributed by atoms with Gasteiger partial charge in [0.15, 0.2) is 0 Å². The van der Waals surface area contributed by atoms with Gasteiger partial charge in [0, 0.05) is 17.2 Å². The number of carbonyl (C=O) groups excluding carboxylic acids is 2. The number of thioether (sulfide) groups is 1. The van der Waals surface area contributed by atoms with E-state index in [0.29, 0.717) is 45.2 Å². The summed E-state index contributed by atoms with van der Waals surface area (Å²) in [5.41, 5.74) is 1.67. The molecule has 2 aromatic rings. The van der Waals surface area contributed by atoms with Gasteiger partial charge in [-0.05, 0) is 67.4 Å². The first-order chi connectivity index (χ1) is 16.8. The van der Waals surface area contributed by atoms with E-state index in [2.05, 4.69) is 20.9 Å². The molecule has 0 saturated carbocycles. The summed E-state index contributed by atoms with van der Waals surface area (Å²) in [6, 6.07) is 10.6. The fraction of sp³-hybridized carbons (Fsp3) is 0.269. The molecule has 184 valence electrons. The van der Waals surface area contributed by atoms with Crippen LogP contribution in [0.1, 0.15) is 42.3 Å². The Morgan fingerprint density at radius 2 is 1.74 bits per heavy atom. The number of aryl methyl sites for hydroxylation is 1. The van der Waals surface area contributed by atoms with Crippen LogP contribution < -0.4 is 9.47 Å². The lowest BCUT2D eigenvalue weighted by molar-refractivity contribution is -0.138. The summed E-state index contributed by atoms with van der Waals surface area (Å²) < 4.78 is 17.2. The highest BCUT2D eigenvalue weighted by atomic mass is 79.9. The van der Waals surface area contributed by atoms with Crippen molar-refractivity contribution in [2.45, 2.75) is 27.7 Å². The summed E-state index contributed by atoms with van der Waals surface area (Å²) in [5, 5.41) is 11.0.